The van der Waals surface area contributed by atoms with E-state index in [0.717, 1.165) is 15.6 Å². The first-order valence-electron chi connectivity index (χ1n) is 7.46. The second-order valence-corrected chi connectivity index (χ2v) is 9.08. The van der Waals surface area contributed by atoms with Crippen molar-refractivity contribution in [3.63, 3.8) is 0 Å². The molecule has 0 saturated heterocycles. The van der Waals surface area contributed by atoms with Gasteiger partial charge in [0.1, 0.15) is 4.21 Å². The highest BCUT2D eigenvalue weighted by Crippen LogP contribution is 2.37. The van der Waals surface area contributed by atoms with Crippen LogP contribution in [0.5, 0.6) is 0 Å². The number of rotatable bonds is 5. The minimum absolute atomic E-state index is 0.0720. The summed E-state index contributed by atoms with van der Waals surface area (Å²) in [5, 5.41) is 4.14. The highest BCUT2D eigenvalue weighted by molar-refractivity contribution is 7.91. The number of carbonyl (C=O) groups is 1. The molecule has 1 amide bonds. The number of likely N-dealkylation sites (N-methyl/N-ethyl adjacent to an activating group) is 1. The fourth-order valence-corrected chi connectivity index (χ4v) is 5.07. The number of thiophene rings is 1. The van der Waals surface area contributed by atoms with Crippen LogP contribution in [0.2, 0.25) is 0 Å². The van der Waals surface area contributed by atoms with Crippen LogP contribution >= 0.6 is 11.3 Å². The molecule has 2 atom stereocenters. The zero-order valence-corrected chi connectivity index (χ0v) is 14.7. The van der Waals surface area contributed by atoms with E-state index in [4.69, 9.17) is 0 Å². The van der Waals surface area contributed by atoms with Crippen LogP contribution in [-0.4, -0.2) is 44.4 Å². The molecular weight excluding hydrogens is 365 g/mol. The molecule has 0 radical (unpaired) electrons. The van der Waals surface area contributed by atoms with Crippen LogP contribution in [0.4, 0.5) is 13.2 Å². The summed E-state index contributed by atoms with van der Waals surface area (Å²) >= 11 is 1.04. The lowest BCUT2D eigenvalue weighted by molar-refractivity contribution is -0.184. The predicted octanol–water partition coefficient (Wildman–Crippen LogP) is 2.61. The predicted molar refractivity (Wildman–Crippen MR) is 84.1 cm³/mol. The molecule has 24 heavy (non-hydrogen) atoms. The van der Waals surface area contributed by atoms with Crippen molar-refractivity contribution in [1.29, 1.82) is 0 Å². The maximum absolute atomic E-state index is 12.8. The highest BCUT2D eigenvalue weighted by atomic mass is 32.2. The van der Waals surface area contributed by atoms with Gasteiger partial charge in [-0.25, -0.2) is 8.42 Å². The quantitative estimate of drug-likeness (QED) is 0.849. The first-order chi connectivity index (χ1) is 11.1. The van der Waals surface area contributed by atoms with Gasteiger partial charge in [0, 0.05) is 13.1 Å². The fraction of sp³-hybridized carbons (Fsp3) is 0.643. The number of nitrogens with one attached hydrogen (secondary N) is 1. The third kappa shape index (κ3) is 4.70. The van der Waals surface area contributed by atoms with Crippen molar-refractivity contribution < 1.29 is 26.4 Å². The van der Waals surface area contributed by atoms with E-state index in [9.17, 15) is 26.4 Å². The third-order valence-corrected chi connectivity index (χ3v) is 7.20. The Kier molecular flexibility index (Phi) is 5.92. The van der Waals surface area contributed by atoms with Crippen LogP contribution in [0.15, 0.2) is 21.7 Å². The largest absolute Gasteiger partial charge is 0.391 e. The van der Waals surface area contributed by atoms with E-state index in [1.54, 1.807) is 11.4 Å². The van der Waals surface area contributed by atoms with Gasteiger partial charge >= 0.3 is 6.18 Å². The van der Waals surface area contributed by atoms with Crippen LogP contribution < -0.4 is 5.32 Å². The number of hydrogen-bond acceptors (Lipinski definition) is 4. The van der Waals surface area contributed by atoms with Gasteiger partial charge < -0.3 is 5.32 Å². The molecule has 0 aromatic carbocycles. The molecule has 1 aromatic rings. The van der Waals surface area contributed by atoms with Crippen molar-refractivity contribution in [3.05, 3.63) is 17.5 Å². The maximum Gasteiger partial charge on any atom is 0.391 e. The van der Waals surface area contributed by atoms with Gasteiger partial charge in [-0.3, -0.25) is 4.79 Å². The Labute approximate surface area is 142 Å². The summed E-state index contributed by atoms with van der Waals surface area (Å²) in [5.74, 6) is -2.01. The summed E-state index contributed by atoms with van der Waals surface area (Å²) in [4.78, 5) is 12.0. The Morgan fingerprint density at radius 2 is 2.12 bits per heavy atom. The summed E-state index contributed by atoms with van der Waals surface area (Å²) in [6, 6.07) is 2.45. The zero-order valence-electron chi connectivity index (χ0n) is 13.0. The van der Waals surface area contributed by atoms with Gasteiger partial charge in [-0.2, -0.15) is 17.5 Å². The summed E-state index contributed by atoms with van der Waals surface area (Å²) in [7, 11) is -2.48. The number of nitrogens with zero attached hydrogens (tertiary/aromatic N) is 1. The minimum atomic E-state index is -4.26. The number of halogens is 3. The standard InChI is InChI=1S/C14H19F3N2O3S2/c1-19(24(21,22)13-6-3-7-23-13)9-12(20)18-11-5-2-4-10(8-11)14(15,16)17/h3,6-7,10-11H,2,4-5,8-9H2,1H3,(H,18,20). The number of hydrogen-bond donors (Lipinski definition) is 1. The lowest BCUT2D eigenvalue weighted by atomic mass is 9.85. The Morgan fingerprint density at radius 1 is 1.42 bits per heavy atom. The summed E-state index contributed by atoms with van der Waals surface area (Å²) in [5.41, 5.74) is 0. The van der Waals surface area contributed by atoms with Crippen molar-refractivity contribution in [2.24, 2.45) is 5.92 Å². The van der Waals surface area contributed by atoms with Crippen molar-refractivity contribution in [3.8, 4) is 0 Å². The number of amides is 1. The van der Waals surface area contributed by atoms with Crippen molar-refractivity contribution in [1.82, 2.24) is 9.62 Å². The second kappa shape index (κ2) is 7.40. The van der Waals surface area contributed by atoms with Crippen LogP contribution in [-0.2, 0) is 14.8 Å². The molecule has 2 rings (SSSR count). The zero-order chi connectivity index (χ0) is 18.0. The average Bonchev–Trinajstić information content (AvgIpc) is 3.01. The molecule has 0 spiro atoms. The maximum atomic E-state index is 12.8. The first kappa shape index (κ1) is 19.2. The number of alkyl halides is 3. The van der Waals surface area contributed by atoms with E-state index in [1.165, 1.54) is 13.1 Å². The van der Waals surface area contributed by atoms with Crippen LogP contribution in [0, 0.1) is 5.92 Å². The molecule has 1 aliphatic rings. The third-order valence-electron chi connectivity index (χ3n) is 4.03. The average molecular weight is 384 g/mol. The monoisotopic (exact) mass is 384 g/mol. The van der Waals surface area contributed by atoms with Gasteiger partial charge in [-0.15, -0.1) is 11.3 Å². The van der Waals surface area contributed by atoms with Crippen LogP contribution in [0.1, 0.15) is 25.7 Å². The van der Waals surface area contributed by atoms with Gasteiger partial charge in [0.05, 0.1) is 12.5 Å². The molecule has 1 fully saturated rings. The lowest BCUT2D eigenvalue weighted by Gasteiger charge is -2.31. The highest BCUT2D eigenvalue weighted by Gasteiger charge is 2.42. The summed E-state index contributed by atoms with van der Waals surface area (Å²) in [6.45, 7) is -0.423. The van der Waals surface area contributed by atoms with Gasteiger partial charge in [-0.1, -0.05) is 12.5 Å². The molecule has 136 valence electrons. The van der Waals surface area contributed by atoms with E-state index < -0.39 is 40.6 Å². The van der Waals surface area contributed by atoms with Gasteiger partial charge in [0.2, 0.25) is 5.91 Å². The SMILES string of the molecule is CN(CC(=O)NC1CCCC(C(F)(F)F)C1)S(=O)(=O)c1cccs1. The van der Waals surface area contributed by atoms with Crippen molar-refractivity contribution in [2.75, 3.05) is 13.6 Å². The molecule has 2 unspecified atom stereocenters. The molecule has 1 aromatic heterocycles. The molecule has 10 heteroatoms. The van der Waals surface area contributed by atoms with Crippen LogP contribution in [0.25, 0.3) is 0 Å². The molecule has 1 heterocycles. The van der Waals surface area contributed by atoms with E-state index in [2.05, 4.69) is 5.32 Å². The van der Waals surface area contributed by atoms with E-state index in [1.807, 2.05) is 0 Å². The van der Waals surface area contributed by atoms with Gasteiger partial charge in [0.15, 0.2) is 0 Å². The lowest BCUT2D eigenvalue weighted by Crippen LogP contribution is -2.45. The first-order valence-corrected chi connectivity index (χ1v) is 9.78. The van der Waals surface area contributed by atoms with Gasteiger partial charge in [-0.05, 0) is 30.7 Å². The fourth-order valence-electron chi connectivity index (χ4n) is 2.74. The number of sulfonamides is 1. The van der Waals surface area contributed by atoms with Gasteiger partial charge in [0.25, 0.3) is 10.0 Å². The molecular formula is C14H19F3N2O3S2. The Balaban J connectivity index is 1.91. The molecule has 0 aliphatic heterocycles. The Morgan fingerprint density at radius 3 is 2.71 bits per heavy atom. The number of carbonyl (C=O) groups excluding carboxylic acids is 1. The molecule has 0 bridgehead atoms. The minimum Gasteiger partial charge on any atom is -0.352 e. The Bertz CT molecular complexity index is 659. The summed E-state index contributed by atoms with van der Waals surface area (Å²) < 4.78 is 63.8. The smallest absolute Gasteiger partial charge is 0.352 e. The Hall–Kier alpha value is -1.13. The van der Waals surface area contributed by atoms with E-state index in [-0.39, 0.29) is 17.1 Å². The van der Waals surface area contributed by atoms with Crippen molar-refractivity contribution >= 4 is 27.3 Å². The molecule has 1 N–H and O–H groups in total. The summed E-state index contributed by atoms with van der Waals surface area (Å²) in [6.07, 6.45) is -3.49. The van der Waals surface area contributed by atoms with E-state index in [0.29, 0.717) is 12.8 Å². The molecule has 5 nitrogen and oxygen atoms in total. The topological polar surface area (TPSA) is 66.5 Å². The van der Waals surface area contributed by atoms with E-state index >= 15 is 0 Å². The van der Waals surface area contributed by atoms with Crippen LogP contribution in [0.3, 0.4) is 0 Å². The normalized spacial score (nSPS) is 22.5. The van der Waals surface area contributed by atoms with Crippen molar-refractivity contribution in [2.45, 2.75) is 42.1 Å². The second-order valence-electron chi connectivity index (χ2n) is 5.86. The molecule has 1 aliphatic carbocycles. The molecule has 1 saturated carbocycles.